The number of ketones is 1. The smallest absolute Gasteiger partial charge is 0.328 e. The summed E-state index contributed by atoms with van der Waals surface area (Å²) in [6, 6.07) is 6.84. The average molecular weight is 239 g/mol. The summed E-state index contributed by atoms with van der Waals surface area (Å²) >= 11 is 5.49. The summed E-state index contributed by atoms with van der Waals surface area (Å²) in [6.07, 6.45) is 2.66. The van der Waals surface area contributed by atoms with Crippen molar-refractivity contribution in [1.82, 2.24) is 0 Å². The largest absolute Gasteiger partial charge is 0.478 e. The third kappa shape index (κ3) is 3.51. The van der Waals surface area contributed by atoms with Gasteiger partial charge in [0.15, 0.2) is 5.78 Å². The van der Waals surface area contributed by atoms with E-state index in [9.17, 15) is 9.59 Å². The Morgan fingerprint density at radius 2 is 2.00 bits per heavy atom. The summed E-state index contributed by atoms with van der Waals surface area (Å²) < 4.78 is 0. The molecule has 0 bridgehead atoms. The first-order valence-electron chi connectivity index (χ1n) is 4.74. The molecule has 0 aliphatic heterocycles. The molecule has 0 spiro atoms. The molecule has 0 aliphatic carbocycles. The van der Waals surface area contributed by atoms with Gasteiger partial charge in [-0.3, -0.25) is 4.79 Å². The summed E-state index contributed by atoms with van der Waals surface area (Å²) in [4.78, 5) is 22.0. The van der Waals surface area contributed by atoms with Crippen LogP contribution in [-0.4, -0.2) is 22.7 Å². The lowest BCUT2D eigenvalue weighted by molar-refractivity contribution is -0.131. The van der Waals surface area contributed by atoms with Crippen LogP contribution in [0.1, 0.15) is 22.3 Å². The van der Waals surface area contributed by atoms with Gasteiger partial charge < -0.3 is 5.11 Å². The van der Waals surface area contributed by atoms with E-state index < -0.39 is 5.97 Å². The summed E-state index contributed by atoms with van der Waals surface area (Å²) in [6.45, 7) is 0. The van der Waals surface area contributed by atoms with Crippen LogP contribution in [-0.2, 0) is 4.79 Å². The molecule has 1 rings (SSSR count). The molecular weight excluding hydrogens is 228 g/mol. The highest BCUT2D eigenvalue weighted by molar-refractivity contribution is 6.19. The number of halogens is 1. The quantitative estimate of drug-likeness (QED) is 0.487. The van der Waals surface area contributed by atoms with Crippen molar-refractivity contribution in [2.24, 2.45) is 0 Å². The Kier molecular flexibility index (Phi) is 4.73. The second kappa shape index (κ2) is 6.08. The molecule has 0 aromatic heterocycles. The minimum absolute atomic E-state index is 0.0827. The maximum Gasteiger partial charge on any atom is 0.328 e. The molecule has 0 amide bonds. The lowest BCUT2D eigenvalue weighted by Gasteiger charge is -2.03. The molecule has 0 atom stereocenters. The van der Waals surface area contributed by atoms with Gasteiger partial charge in [0, 0.05) is 23.9 Å². The molecule has 4 heteroatoms. The van der Waals surface area contributed by atoms with Gasteiger partial charge in [0.05, 0.1) is 0 Å². The fourth-order valence-electron chi connectivity index (χ4n) is 1.28. The molecule has 0 unspecified atom stereocenters. The SMILES string of the molecule is O=C(O)/C=C/c1ccccc1C(=O)CCCl. The minimum atomic E-state index is -1.04. The Morgan fingerprint density at radius 1 is 1.31 bits per heavy atom. The standard InChI is InChI=1S/C12H11ClO3/c13-8-7-11(14)10-4-2-1-3-9(10)5-6-12(15)16/h1-6H,7-8H2,(H,15,16)/b6-5+. The van der Waals surface area contributed by atoms with Crippen LogP contribution in [0, 0.1) is 0 Å². The molecule has 0 radical (unpaired) electrons. The van der Waals surface area contributed by atoms with Crippen LogP contribution < -0.4 is 0 Å². The van der Waals surface area contributed by atoms with Crippen LogP contribution in [0.2, 0.25) is 0 Å². The Labute approximate surface area is 98.4 Å². The zero-order valence-corrected chi connectivity index (χ0v) is 9.28. The molecule has 0 heterocycles. The number of benzene rings is 1. The summed E-state index contributed by atoms with van der Waals surface area (Å²) in [5.41, 5.74) is 1.10. The fraction of sp³-hybridized carbons (Fsp3) is 0.167. The van der Waals surface area contributed by atoms with Gasteiger partial charge in [0.2, 0.25) is 0 Å². The number of carbonyl (C=O) groups excluding carboxylic acids is 1. The van der Waals surface area contributed by atoms with E-state index in [0.717, 1.165) is 6.08 Å². The van der Waals surface area contributed by atoms with Crippen LogP contribution in [0.25, 0.3) is 6.08 Å². The average Bonchev–Trinajstić information content (AvgIpc) is 2.27. The molecule has 1 aromatic rings. The van der Waals surface area contributed by atoms with Gasteiger partial charge in [-0.2, -0.15) is 0 Å². The van der Waals surface area contributed by atoms with E-state index >= 15 is 0 Å². The third-order valence-electron chi connectivity index (χ3n) is 1.99. The molecule has 3 nitrogen and oxygen atoms in total. The Morgan fingerprint density at radius 3 is 2.62 bits per heavy atom. The topological polar surface area (TPSA) is 54.4 Å². The summed E-state index contributed by atoms with van der Waals surface area (Å²) in [7, 11) is 0. The van der Waals surface area contributed by atoms with Gasteiger partial charge in [-0.05, 0) is 11.6 Å². The van der Waals surface area contributed by atoms with Crippen molar-refractivity contribution < 1.29 is 14.7 Å². The molecule has 0 saturated heterocycles. The number of alkyl halides is 1. The lowest BCUT2D eigenvalue weighted by Crippen LogP contribution is -2.02. The van der Waals surface area contributed by atoms with Crippen LogP contribution in [0.3, 0.4) is 0 Å². The number of aliphatic carboxylic acids is 1. The molecule has 1 aromatic carbocycles. The third-order valence-corrected chi connectivity index (χ3v) is 2.18. The van der Waals surface area contributed by atoms with Crippen LogP contribution in [0.5, 0.6) is 0 Å². The van der Waals surface area contributed by atoms with Crippen molar-refractivity contribution in [3.05, 3.63) is 41.5 Å². The van der Waals surface area contributed by atoms with Gasteiger partial charge in [-0.1, -0.05) is 24.3 Å². The molecule has 0 aliphatic rings. The van der Waals surface area contributed by atoms with E-state index in [1.54, 1.807) is 24.3 Å². The Bertz CT molecular complexity index is 424. The Hall–Kier alpha value is -1.61. The van der Waals surface area contributed by atoms with Gasteiger partial charge in [0.25, 0.3) is 0 Å². The highest BCUT2D eigenvalue weighted by Crippen LogP contribution is 2.13. The van der Waals surface area contributed by atoms with Crippen molar-refractivity contribution >= 4 is 29.4 Å². The molecule has 16 heavy (non-hydrogen) atoms. The maximum atomic E-state index is 11.6. The molecule has 0 saturated carbocycles. The van der Waals surface area contributed by atoms with Crippen LogP contribution in [0.15, 0.2) is 30.3 Å². The fourth-order valence-corrected chi connectivity index (χ4v) is 1.45. The first kappa shape index (κ1) is 12.5. The van der Waals surface area contributed by atoms with E-state index in [2.05, 4.69) is 0 Å². The van der Waals surface area contributed by atoms with Gasteiger partial charge in [-0.15, -0.1) is 11.6 Å². The van der Waals surface area contributed by atoms with Crippen LogP contribution in [0.4, 0.5) is 0 Å². The second-order valence-corrected chi connectivity index (χ2v) is 3.50. The van der Waals surface area contributed by atoms with Gasteiger partial charge in [-0.25, -0.2) is 4.79 Å². The molecular formula is C12H11ClO3. The number of hydrogen-bond donors (Lipinski definition) is 1. The van der Waals surface area contributed by atoms with Crippen LogP contribution >= 0.6 is 11.6 Å². The molecule has 0 fully saturated rings. The zero-order valence-electron chi connectivity index (χ0n) is 8.52. The predicted octanol–water partition coefficient (Wildman–Crippen LogP) is 2.60. The summed E-state index contributed by atoms with van der Waals surface area (Å²) in [5, 5.41) is 8.51. The lowest BCUT2D eigenvalue weighted by atomic mass is 10.0. The summed E-state index contributed by atoms with van der Waals surface area (Å²) in [5.74, 6) is -0.865. The van der Waals surface area contributed by atoms with Gasteiger partial charge in [0.1, 0.15) is 0 Å². The van der Waals surface area contributed by atoms with Gasteiger partial charge >= 0.3 is 5.97 Å². The highest BCUT2D eigenvalue weighted by atomic mass is 35.5. The predicted molar refractivity (Wildman–Crippen MR) is 62.8 cm³/mol. The van der Waals surface area contributed by atoms with Crippen molar-refractivity contribution in [3.8, 4) is 0 Å². The van der Waals surface area contributed by atoms with Crippen molar-refractivity contribution in [1.29, 1.82) is 0 Å². The van der Waals surface area contributed by atoms with Crippen molar-refractivity contribution in [3.63, 3.8) is 0 Å². The van der Waals surface area contributed by atoms with E-state index in [1.165, 1.54) is 6.08 Å². The molecule has 1 N–H and O–H groups in total. The highest BCUT2D eigenvalue weighted by Gasteiger charge is 2.08. The van der Waals surface area contributed by atoms with E-state index in [-0.39, 0.29) is 18.1 Å². The number of rotatable bonds is 5. The monoisotopic (exact) mass is 238 g/mol. The Balaban J connectivity index is 3.00. The van der Waals surface area contributed by atoms with E-state index in [1.807, 2.05) is 0 Å². The van der Waals surface area contributed by atoms with Crippen molar-refractivity contribution in [2.45, 2.75) is 6.42 Å². The zero-order chi connectivity index (χ0) is 12.0. The van der Waals surface area contributed by atoms with E-state index in [4.69, 9.17) is 16.7 Å². The number of carboxylic acids is 1. The first-order chi connectivity index (χ1) is 7.65. The maximum absolute atomic E-state index is 11.6. The molecule has 84 valence electrons. The number of carboxylic acid groups (broad SMARTS) is 1. The number of Topliss-reactive ketones (excluding diaryl/α,β-unsaturated/α-hetero) is 1. The second-order valence-electron chi connectivity index (χ2n) is 3.12. The first-order valence-corrected chi connectivity index (χ1v) is 5.28. The van der Waals surface area contributed by atoms with Crippen molar-refractivity contribution in [2.75, 3.05) is 5.88 Å². The normalized spacial score (nSPS) is 10.6. The number of hydrogen-bond acceptors (Lipinski definition) is 2. The number of carbonyl (C=O) groups is 2. The minimum Gasteiger partial charge on any atom is -0.478 e. The van der Waals surface area contributed by atoms with E-state index in [0.29, 0.717) is 11.1 Å².